The van der Waals surface area contributed by atoms with E-state index in [9.17, 15) is 13.2 Å². The number of rotatable bonds is 6. The van der Waals surface area contributed by atoms with Crippen LogP contribution in [-0.2, 0) is 16.4 Å². The first kappa shape index (κ1) is 23.4. The van der Waals surface area contributed by atoms with E-state index < -0.39 is 21.1 Å². The molecule has 0 aliphatic carbocycles. The molecular weight excluding hydrogens is 441 g/mol. The number of sulfone groups is 1. The highest BCUT2D eigenvalue weighted by Crippen LogP contribution is 2.28. The number of pyridine rings is 1. The van der Waals surface area contributed by atoms with Gasteiger partial charge in [-0.3, -0.25) is 4.79 Å². The summed E-state index contributed by atoms with van der Waals surface area (Å²) in [6.07, 6.45) is 2.16. The second kappa shape index (κ2) is 9.27. The third kappa shape index (κ3) is 4.42. The Morgan fingerprint density at radius 2 is 1.67 bits per heavy atom. The highest BCUT2D eigenvalue weighted by atomic mass is 32.2. The first-order valence-electron chi connectivity index (χ1n) is 11.4. The van der Waals surface area contributed by atoms with E-state index in [0.29, 0.717) is 30.8 Å². The maximum Gasteiger partial charge on any atom is 0.211 e. The van der Waals surface area contributed by atoms with E-state index in [1.165, 1.54) is 24.4 Å². The maximum absolute atomic E-state index is 15.2. The molecule has 0 spiro atoms. The van der Waals surface area contributed by atoms with E-state index in [1.807, 2.05) is 18.7 Å². The van der Waals surface area contributed by atoms with Crippen molar-refractivity contribution in [3.05, 3.63) is 64.2 Å². The Balaban J connectivity index is 1.86. The minimum atomic E-state index is -4.04. The lowest BCUT2D eigenvalue weighted by Gasteiger charge is -2.35. The Morgan fingerprint density at radius 1 is 1.00 bits per heavy atom. The predicted octanol–water partition coefficient (Wildman–Crippen LogP) is 3.83. The van der Waals surface area contributed by atoms with Gasteiger partial charge in [0.05, 0.1) is 21.5 Å². The number of hydrogen-bond donors (Lipinski definition) is 0. The van der Waals surface area contributed by atoms with Gasteiger partial charge in [-0.05, 0) is 44.2 Å². The summed E-state index contributed by atoms with van der Waals surface area (Å²) in [7, 11) is -4.04. The Kier molecular flexibility index (Phi) is 6.59. The molecule has 1 aromatic heterocycles. The average molecular weight is 472 g/mol. The van der Waals surface area contributed by atoms with Gasteiger partial charge in [0, 0.05) is 38.9 Å². The zero-order valence-electron chi connectivity index (χ0n) is 19.3. The van der Waals surface area contributed by atoms with E-state index in [4.69, 9.17) is 0 Å². The summed E-state index contributed by atoms with van der Waals surface area (Å²) in [5, 5.41) is 0.0880. The summed E-state index contributed by atoms with van der Waals surface area (Å²) in [5.74, 6) is -0.502. The number of benzene rings is 2. The van der Waals surface area contributed by atoms with Gasteiger partial charge in [0.15, 0.2) is 0 Å². The van der Waals surface area contributed by atoms with Crippen LogP contribution in [0.2, 0.25) is 0 Å². The smallest absolute Gasteiger partial charge is 0.211 e. The van der Waals surface area contributed by atoms with Crippen molar-refractivity contribution in [1.82, 2.24) is 9.47 Å². The average Bonchev–Trinajstić information content (AvgIpc) is 2.81. The van der Waals surface area contributed by atoms with E-state index in [0.717, 1.165) is 31.6 Å². The fraction of sp³-hybridized carbons (Fsp3) is 0.400. The molecule has 0 bridgehead atoms. The van der Waals surface area contributed by atoms with Gasteiger partial charge in [-0.15, -0.1) is 0 Å². The largest absolute Gasteiger partial charge is 0.367 e. The lowest BCUT2D eigenvalue weighted by molar-refractivity contribution is 0.270. The van der Waals surface area contributed by atoms with Crippen LogP contribution in [0.5, 0.6) is 0 Å². The summed E-state index contributed by atoms with van der Waals surface area (Å²) in [6, 6.07) is 9.30. The van der Waals surface area contributed by atoms with E-state index in [-0.39, 0.29) is 15.2 Å². The second-order valence-electron chi connectivity index (χ2n) is 8.57. The quantitative estimate of drug-likeness (QED) is 0.547. The highest BCUT2D eigenvalue weighted by molar-refractivity contribution is 7.91. The van der Waals surface area contributed by atoms with Gasteiger partial charge >= 0.3 is 0 Å². The molecule has 1 saturated heterocycles. The highest BCUT2D eigenvalue weighted by Gasteiger charge is 2.26. The van der Waals surface area contributed by atoms with Crippen LogP contribution in [0.25, 0.3) is 10.9 Å². The molecule has 0 atom stereocenters. The third-order valence-electron chi connectivity index (χ3n) is 6.36. The normalized spacial score (nSPS) is 15.3. The fourth-order valence-electron chi connectivity index (χ4n) is 4.38. The van der Waals surface area contributed by atoms with Gasteiger partial charge in [0.2, 0.25) is 15.3 Å². The molecule has 0 N–H and O–H groups in total. The minimum absolute atomic E-state index is 0.0542. The maximum atomic E-state index is 15.2. The second-order valence-corrected chi connectivity index (χ2v) is 10.5. The Morgan fingerprint density at radius 3 is 2.27 bits per heavy atom. The molecule has 1 aliphatic heterocycles. The van der Waals surface area contributed by atoms with E-state index >= 15 is 4.39 Å². The van der Waals surface area contributed by atoms with Gasteiger partial charge in [-0.25, -0.2) is 12.8 Å². The Hall–Kier alpha value is -2.71. The zero-order valence-corrected chi connectivity index (χ0v) is 20.2. The van der Waals surface area contributed by atoms with Crippen molar-refractivity contribution in [1.29, 1.82) is 0 Å². The molecule has 2 aromatic carbocycles. The topological polar surface area (TPSA) is 62.6 Å². The predicted molar refractivity (Wildman–Crippen MR) is 129 cm³/mol. The molecule has 2 heterocycles. The van der Waals surface area contributed by atoms with Gasteiger partial charge in [0.25, 0.3) is 0 Å². The molecule has 176 valence electrons. The number of piperazine rings is 1. The van der Waals surface area contributed by atoms with Crippen LogP contribution >= 0.6 is 0 Å². The van der Waals surface area contributed by atoms with Gasteiger partial charge in [0.1, 0.15) is 10.7 Å². The standard InChI is InChI=1S/C25H30FN3O3S/c1-4-10-29-17-24(33(31,32)19-8-6-18(3)7-9-19)25(30)20-15-21(26)23(16-22(20)29)28-13-11-27(5-2)12-14-28/h6-9,15-17H,4-5,10-14H2,1-3H3. The minimum Gasteiger partial charge on any atom is -0.367 e. The Labute approximate surface area is 194 Å². The number of aromatic nitrogens is 1. The van der Waals surface area contributed by atoms with Gasteiger partial charge in [-0.2, -0.15) is 0 Å². The number of aryl methyl sites for hydroxylation is 2. The Bertz CT molecular complexity index is 1330. The van der Waals surface area contributed by atoms with Crippen LogP contribution < -0.4 is 10.3 Å². The summed E-state index contributed by atoms with van der Waals surface area (Å²) >= 11 is 0. The summed E-state index contributed by atoms with van der Waals surface area (Å²) in [6.45, 7) is 10.5. The van der Waals surface area contributed by atoms with Crippen molar-refractivity contribution >= 4 is 26.4 Å². The van der Waals surface area contributed by atoms with Crippen molar-refractivity contribution in [2.75, 3.05) is 37.6 Å². The summed E-state index contributed by atoms with van der Waals surface area (Å²) in [5.41, 5.74) is 1.26. The molecule has 33 heavy (non-hydrogen) atoms. The molecule has 8 heteroatoms. The molecule has 0 radical (unpaired) electrons. The van der Waals surface area contributed by atoms with Gasteiger partial charge in [-0.1, -0.05) is 31.5 Å². The fourth-order valence-corrected chi connectivity index (χ4v) is 5.75. The van der Waals surface area contributed by atoms with E-state index in [1.54, 1.807) is 22.8 Å². The number of anilines is 1. The van der Waals surface area contributed by atoms with E-state index in [2.05, 4.69) is 11.8 Å². The SMILES string of the molecule is CCCn1cc(S(=O)(=O)c2ccc(C)cc2)c(=O)c2cc(F)c(N3CCN(CC)CC3)cc21. The molecule has 1 fully saturated rings. The lowest BCUT2D eigenvalue weighted by atomic mass is 10.1. The summed E-state index contributed by atoms with van der Waals surface area (Å²) < 4.78 is 43.6. The van der Waals surface area contributed by atoms with Gasteiger partial charge < -0.3 is 14.4 Å². The van der Waals surface area contributed by atoms with Crippen molar-refractivity contribution in [3.8, 4) is 0 Å². The van der Waals surface area contributed by atoms with Crippen molar-refractivity contribution < 1.29 is 12.8 Å². The molecule has 4 rings (SSSR count). The molecule has 0 unspecified atom stereocenters. The van der Waals surface area contributed by atoms with Crippen LogP contribution in [0.15, 0.2) is 57.2 Å². The van der Waals surface area contributed by atoms with Crippen molar-refractivity contribution in [3.63, 3.8) is 0 Å². The number of fused-ring (bicyclic) bond motifs is 1. The van der Waals surface area contributed by atoms with Crippen molar-refractivity contribution in [2.24, 2.45) is 0 Å². The van der Waals surface area contributed by atoms with Crippen molar-refractivity contribution in [2.45, 2.75) is 43.5 Å². The van der Waals surface area contributed by atoms with Crippen LogP contribution in [-0.4, -0.2) is 50.6 Å². The summed E-state index contributed by atoms with van der Waals surface area (Å²) in [4.78, 5) is 17.4. The third-order valence-corrected chi connectivity index (χ3v) is 8.12. The molecule has 0 saturated carbocycles. The van der Waals surface area contributed by atoms with Crippen LogP contribution in [0.3, 0.4) is 0 Å². The lowest BCUT2D eigenvalue weighted by Crippen LogP contribution is -2.46. The first-order valence-corrected chi connectivity index (χ1v) is 12.9. The number of nitrogens with zero attached hydrogens (tertiary/aromatic N) is 3. The van der Waals surface area contributed by atoms with Crippen LogP contribution in [0, 0.1) is 12.7 Å². The monoisotopic (exact) mass is 471 g/mol. The number of halogens is 1. The van der Waals surface area contributed by atoms with Crippen LogP contribution in [0.4, 0.5) is 10.1 Å². The van der Waals surface area contributed by atoms with Crippen LogP contribution in [0.1, 0.15) is 25.8 Å². The molecule has 3 aromatic rings. The number of hydrogen-bond acceptors (Lipinski definition) is 5. The zero-order chi connectivity index (χ0) is 23.8. The number of likely N-dealkylation sites (N-methyl/N-ethyl adjacent to an activating group) is 1. The molecule has 1 aliphatic rings. The first-order chi connectivity index (χ1) is 15.8. The molecule has 6 nitrogen and oxygen atoms in total. The molecular formula is C25H30FN3O3S. The molecule has 0 amide bonds.